The quantitative estimate of drug-likeness (QED) is 0.379. The number of nitriles is 1. The molecule has 0 bridgehead atoms. The zero-order valence-electron chi connectivity index (χ0n) is 16.0. The molecular formula is C21H19N3O4S. The number of hydrogen-bond acceptors (Lipinski definition) is 7. The van der Waals surface area contributed by atoms with Gasteiger partial charge in [-0.3, -0.25) is 9.36 Å². The highest BCUT2D eigenvalue weighted by Gasteiger charge is 2.15. The van der Waals surface area contributed by atoms with Crippen LogP contribution >= 0.6 is 11.8 Å². The summed E-state index contributed by atoms with van der Waals surface area (Å²) in [5.41, 5.74) is 1.96. The number of methoxy groups -OCH3 is 1. The molecule has 0 aliphatic heterocycles. The highest BCUT2D eigenvalue weighted by atomic mass is 32.2. The Bertz CT molecular complexity index is 1150. The number of carbonyl (C=O) groups is 1. The van der Waals surface area contributed by atoms with Crippen molar-refractivity contribution >= 4 is 28.6 Å². The number of carbonyl (C=O) groups excluding carboxylic acids is 1. The maximum absolute atomic E-state index is 13.0. The van der Waals surface area contributed by atoms with Crippen molar-refractivity contribution in [1.29, 1.82) is 5.26 Å². The molecule has 1 atom stereocenters. The lowest BCUT2D eigenvalue weighted by Crippen LogP contribution is -2.28. The fraction of sp³-hybridized carbons (Fsp3) is 0.238. The third kappa shape index (κ3) is 4.65. The number of nitrogens with zero attached hydrogens (tertiary/aromatic N) is 3. The van der Waals surface area contributed by atoms with Crippen LogP contribution < -0.4 is 5.56 Å². The van der Waals surface area contributed by atoms with E-state index < -0.39 is 12.1 Å². The van der Waals surface area contributed by atoms with E-state index in [1.807, 2.05) is 12.1 Å². The molecule has 1 heterocycles. The number of aliphatic hydroxyl groups is 1. The molecular weight excluding hydrogens is 390 g/mol. The van der Waals surface area contributed by atoms with Crippen LogP contribution in [0, 0.1) is 11.3 Å². The third-order valence-electron chi connectivity index (χ3n) is 4.24. The maximum atomic E-state index is 13.0. The Balaban J connectivity index is 2.02. The zero-order valence-corrected chi connectivity index (χ0v) is 16.8. The van der Waals surface area contributed by atoms with Gasteiger partial charge >= 0.3 is 5.97 Å². The molecule has 3 aromatic rings. The van der Waals surface area contributed by atoms with Crippen LogP contribution in [0.4, 0.5) is 0 Å². The molecule has 0 aliphatic carbocycles. The number of aliphatic hydroxyl groups excluding tert-OH is 1. The fourth-order valence-corrected chi connectivity index (χ4v) is 3.77. The van der Waals surface area contributed by atoms with Crippen molar-refractivity contribution in [3.63, 3.8) is 0 Å². The molecule has 1 N–H and O–H groups in total. The molecule has 2 aromatic carbocycles. The molecule has 0 aliphatic rings. The average molecular weight is 409 g/mol. The summed E-state index contributed by atoms with van der Waals surface area (Å²) in [6, 6.07) is 13.8. The van der Waals surface area contributed by atoms with Crippen LogP contribution in [-0.2, 0) is 17.0 Å². The Labute approximate surface area is 171 Å². The standard InChI is InChI=1S/C21H19N3O4S/c1-13(25)11-24-19(26)17-8-7-16(20(27)28-2)9-18(17)23-21(24)29-12-15-5-3-14(10-22)4-6-15/h3-9,13,25H,11-12H2,1-2H3/t13-/m0/s1. The first-order valence-electron chi connectivity index (χ1n) is 8.85. The first-order chi connectivity index (χ1) is 13.9. The Morgan fingerprint density at radius 2 is 2.03 bits per heavy atom. The molecule has 0 unspecified atom stereocenters. The molecule has 1 aromatic heterocycles. The Hall–Kier alpha value is -3.15. The van der Waals surface area contributed by atoms with E-state index in [9.17, 15) is 14.7 Å². The van der Waals surface area contributed by atoms with Crippen molar-refractivity contribution in [2.45, 2.75) is 30.5 Å². The molecule has 148 valence electrons. The van der Waals surface area contributed by atoms with Gasteiger partial charge in [0.1, 0.15) is 0 Å². The second kappa shape index (κ2) is 8.90. The van der Waals surface area contributed by atoms with Crippen molar-refractivity contribution in [1.82, 2.24) is 9.55 Å². The van der Waals surface area contributed by atoms with Gasteiger partial charge in [0.2, 0.25) is 0 Å². The van der Waals surface area contributed by atoms with E-state index in [2.05, 4.69) is 11.1 Å². The van der Waals surface area contributed by atoms with E-state index in [0.29, 0.717) is 32.9 Å². The van der Waals surface area contributed by atoms with Crippen molar-refractivity contribution in [2.24, 2.45) is 0 Å². The minimum absolute atomic E-state index is 0.107. The summed E-state index contributed by atoms with van der Waals surface area (Å²) in [4.78, 5) is 29.4. The summed E-state index contributed by atoms with van der Waals surface area (Å²) in [5, 5.41) is 19.5. The molecule has 0 saturated carbocycles. The molecule has 0 saturated heterocycles. The van der Waals surface area contributed by atoms with Crippen LogP contribution in [-0.4, -0.2) is 33.8 Å². The van der Waals surface area contributed by atoms with Crippen LogP contribution in [0.3, 0.4) is 0 Å². The van der Waals surface area contributed by atoms with E-state index in [1.54, 1.807) is 25.1 Å². The predicted molar refractivity (Wildman–Crippen MR) is 110 cm³/mol. The molecule has 3 rings (SSSR count). The molecule has 8 heteroatoms. The molecule has 0 radical (unpaired) electrons. The predicted octanol–water partition coefficient (Wildman–Crippen LogP) is 2.73. The van der Waals surface area contributed by atoms with E-state index in [4.69, 9.17) is 10.00 Å². The van der Waals surface area contributed by atoms with Crippen LogP contribution in [0.2, 0.25) is 0 Å². The van der Waals surface area contributed by atoms with Gasteiger partial charge in [0.25, 0.3) is 5.56 Å². The van der Waals surface area contributed by atoms with Gasteiger partial charge in [0.05, 0.1) is 47.9 Å². The van der Waals surface area contributed by atoms with Crippen LogP contribution in [0.25, 0.3) is 10.9 Å². The van der Waals surface area contributed by atoms with Gasteiger partial charge in [-0.05, 0) is 42.8 Å². The minimum Gasteiger partial charge on any atom is -0.465 e. The van der Waals surface area contributed by atoms with Gasteiger partial charge in [-0.25, -0.2) is 9.78 Å². The minimum atomic E-state index is -0.726. The van der Waals surface area contributed by atoms with Crippen molar-refractivity contribution in [2.75, 3.05) is 7.11 Å². The summed E-state index contributed by atoms with van der Waals surface area (Å²) in [5.74, 6) is 0.0220. The van der Waals surface area contributed by atoms with Gasteiger partial charge in [0, 0.05) is 5.75 Å². The number of esters is 1. The molecule has 0 fully saturated rings. The van der Waals surface area contributed by atoms with E-state index in [0.717, 1.165) is 5.56 Å². The monoisotopic (exact) mass is 409 g/mol. The Morgan fingerprint density at radius 1 is 1.31 bits per heavy atom. The van der Waals surface area contributed by atoms with E-state index >= 15 is 0 Å². The Morgan fingerprint density at radius 3 is 2.66 bits per heavy atom. The lowest BCUT2D eigenvalue weighted by atomic mass is 10.1. The summed E-state index contributed by atoms with van der Waals surface area (Å²) < 4.78 is 6.18. The highest BCUT2D eigenvalue weighted by Crippen LogP contribution is 2.23. The average Bonchev–Trinajstić information content (AvgIpc) is 2.73. The lowest BCUT2D eigenvalue weighted by Gasteiger charge is -2.15. The summed E-state index contributed by atoms with van der Waals surface area (Å²) in [6.07, 6.45) is -0.726. The molecule has 0 spiro atoms. The maximum Gasteiger partial charge on any atom is 0.337 e. The highest BCUT2D eigenvalue weighted by molar-refractivity contribution is 7.98. The van der Waals surface area contributed by atoms with Gasteiger partial charge < -0.3 is 9.84 Å². The lowest BCUT2D eigenvalue weighted by molar-refractivity contribution is 0.0601. The molecule has 0 amide bonds. The first-order valence-corrected chi connectivity index (χ1v) is 9.84. The smallest absolute Gasteiger partial charge is 0.337 e. The number of aromatic nitrogens is 2. The van der Waals surface area contributed by atoms with Gasteiger partial charge in [-0.2, -0.15) is 5.26 Å². The van der Waals surface area contributed by atoms with Gasteiger partial charge in [-0.15, -0.1) is 0 Å². The summed E-state index contributed by atoms with van der Waals surface area (Å²) in [7, 11) is 1.29. The van der Waals surface area contributed by atoms with Gasteiger partial charge in [0.15, 0.2) is 5.16 Å². The number of ether oxygens (including phenoxy) is 1. The van der Waals surface area contributed by atoms with E-state index in [1.165, 1.54) is 35.6 Å². The van der Waals surface area contributed by atoms with Crippen LogP contribution in [0.5, 0.6) is 0 Å². The normalized spacial score (nSPS) is 11.8. The van der Waals surface area contributed by atoms with Crippen LogP contribution in [0.15, 0.2) is 52.4 Å². The summed E-state index contributed by atoms with van der Waals surface area (Å²) in [6.45, 7) is 1.71. The topological polar surface area (TPSA) is 105 Å². The van der Waals surface area contributed by atoms with Crippen molar-refractivity contribution < 1.29 is 14.6 Å². The second-order valence-electron chi connectivity index (χ2n) is 6.48. The molecule has 29 heavy (non-hydrogen) atoms. The number of benzene rings is 2. The summed E-state index contributed by atoms with van der Waals surface area (Å²) >= 11 is 1.35. The zero-order chi connectivity index (χ0) is 21.0. The number of rotatable bonds is 6. The van der Waals surface area contributed by atoms with Crippen molar-refractivity contribution in [3.8, 4) is 6.07 Å². The van der Waals surface area contributed by atoms with Crippen LogP contribution in [0.1, 0.15) is 28.4 Å². The second-order valence-corrected chi connectivity index (χ2v) is 7.42. The van der Waals surface area contributed by atoms with Gasteiger partial charge in [-0.1, -0.05) is 23.9 Å². The first kappa shape index (κ1) is 20.6. The fourth-order valence-electron chi connectivity index (χ4n) is 2.80. The SMILES string of the molecule is COC(=O)c1ccc2c(=O)n(C[C@H](C)O)c(SCc3ccc(C#N)cc3)nc2c1. The number of hydrogen-bond donors (Lipinski definition) is 1. The number of thioether (sulfide) groups is 1. The number of fused-ring (bicyclic) bond motifs is 1. The van der Waals surface area contributed by atoms with Crippen molar-refractivity contribution in [3.05, 3.63) is 69.5 Å². The third-order valence-corrected chi connectivity index (χ3v) is 5.29. The Kier molecular flexibility index (Phi) is 6.32. The van der Waals surface area contributed by atoms with E-state index in [-0.39, 0.29) is 12.1 Å². The largest absolute Gasteiger partial charge is 0.465 e. The molecule has 7 nitrogen and oxygen atoms in total.